The molecule has 1 aromatic heterocycles. The van der Waals surface area contributed by atoms with E-state index in [0.717, 1.165) is 6.07 Å². The van der Waals surface area contributed by atoms with E-state index >= 15 is 0 Å². The molecule has 0 atom stereocenters. The van der Waals surface area contributed by atoms with E-state index < -0.39 is 17.6 Å². The molecule has 0 saturated carbocycles. The average molecular weight is 522 g/mol. The van der Waals surface area contributed by atoms with Gasteiger partial charge in [-0.1, -0.05) is 35.9 Å². The molecule has 36 heavy (non-hydrogen) atoms. The SMILES string of the molecule is Cn1cc2c(n1)CN(C1CCN(c3c(F)cccc3Cl)CC1)C(=O)N2Cc1ccccc1C(F)(F)F. The van der Waals surface area contributed by atoms with Crippen molar-refractivity contribution in [3.8, 4) is 0 Å². The highest BCUT2D eigenvalue weighted by molar-refractivity contribution is 6.33. The van der Waals surface area contributed by atoms with E-state index in [0.29, 0.717) is 48.0 Å². The molecule has 1 saturated heterocycles. The van der Waals surface area contributed by atoms with Crippen molar-refractivity contribution < 1.29 is 22.4 Å². The zero-order valence-electron chi connectivity index (χ0n) is 19.5. The second kappa shape index (κ2) is 9.31. The summed E-state index contributed by atoms with van der Waals surface area (Å²) in [6.45, 7) is 1.01. The molecule has 0 spiro atoms. The van der Waals surface area contributed by atoms with Crippen molar-refractivity contribution in [3.63, 3.8) is 0 Å². The van der Waals surface area contributed by atoms with Crippen LogP contribution in [0.15, 0.2) is 48.7 Å². The smallest absolute Gasteiger partial charge is 0.368 e. The molecular formula is C25H24ClF4N5O. The molecule has 0 aliphatic carbocycles. The van der Waals surface area contributed by atoms with Crippen LogP contribution < -0.4 is 9.80 Å². The van der Waals surface area contributed by atoms with Gasteiger partial charge in [0.2, 0.25) is 0 Å². The first-order valence-corrected chi connectivity index (χ1v) is 12.0. The fraction of sp³-hybridized carbons (Fsp3) is 0.360. The minimum absolute atomic E-state index is 0.0130. The van der Waals surface area contributed by atoms with Gasteiger partial charge in [-0.05, 0) is 36.6 Å². The number of amides is 2. The highest BCUT2D eigenvalue weighted by Gasteiger charge is 2.40. The second-order valence-electron chi connectivity index (χ2n) is 9.07. The summed E-state index contributed by atoms with van der Waals surface area (Å²) < 4.78 is 56.9. The van der Waals surface area contributed by atoms with Gasteiger partial charge in [-0.25, -0.2) is 9.18 Å². The Hall–Kier alpha value is -3.27. The van der Waals surface area contributed by atoms with Gasteiger partial charge >= 0.3 is 12.2 Å². The van der Waals surface area contributed by atoms with Crippen LogP contribution in [0.1, 0.15) is 29.7 Å². The predicted molar refractivity (Wildman–Crippen MR) is 128 cm³/mol. The Morgan fingerprint density at radius 2 is 1.81 bits per heavy atom. The molecule has 3 aromatic rings. The number of urea groups is 1. The fourth-order valence-electron chi connectivity index (χ4n) is 5.08. The van der Waals surface area contributed by atoms with Gasteiger partial charge in [0.25, 0.3) is 0 Å². The van der Waals surface area contributed by atoms with Gasteiger partial charge in [0.15, 0.2) is 0 Å². The second-order valence-corrected chi connectivity index (χ2v) is 9.48. The lowest BCUT2D eigenvalue weighted by molar-refractivity contribution is -0.138. The molecule has 1 fully saturated rings. The van der Waals surface area contributed by atoms with E-state index in [-0.39, 0.29) is 30.7 Å². The molecule has 0 N–H and O–H groups in total. The maximum atomic E-state index is 14.4. The number of anilines is 2. The molecule has 2 aliphatic heterocycles. The quantitative estimate of drug-likeness (QED) is 0.405. The normalized spacial score (nSPS) is 17.1. The van der Waals surface area contributed by atoms with Crippen LogP contribution >= 0.6 is 11.6 Å². The van der Waals surface area contributed by atoms with Gasteiger partial charge in [0.1, 0.15) is 11.5 Å². The maximum Gasteiger partial charge on any atom is 0.416 e. The number of aryl methyl sites for hydroxylation is 1. The lowest BCUT2D eigenvalue weighted by Crippen LogP contribution is -2.54. The summed E-state index contributed by atoms with van der Waals surface area (Å²) in [5.74, 6) is -0.400. The van der Waals surface area contributed by atoms with Gasteiger partial charge in [0.05, 0.1) is 35.1 Å². The molecular weight excluding hydrogens is 498 g/mol. The van der Waals surface area contributed by atoms with Crippen molar-refractivity contribution >= 4 is 29.0 Å². The predicted octanol–water partition coefficient (Wildman–Crippen LogP) is 5.84. The number of hydrogen-bond donors (Lipinski definition) is 0. The number of benzene rings is 2. The molecule has 0 unspecified atom stereocenters. The Morgan fingerprint density at radius 3 is 2.50 bits per heavy atom. The van der Waals surface area contributed by atoms with E-state index in [2.05, 4.69) is 5.10 Å². The van der Waals surface area contributed by atoms with E-state index in [1.807, 2.05) is 4.90 Å². The minimum atomic E-state index is -4.53. The summed E-state index contributed by atoms with van der Waals surface area (Å²) in [6.07, 6.45) is -1.76. The van der Waals surface area contributed by atoms with Crippen LogP contribution in [0, 0.1) is 5.82 Å². The highest BCUT2D eigenvalue weighted by atomic mass is 35.5. The Labute approximate surface area is 210 Å². The lowest BCUT2D eigenvalue weighted by Gasteiger charge is -2.43. The molecule has 3 heterocycles. The molecule has 190 valence electrons. The number of fused-ring (bicyclic) bond motifs is 1. The minimum Gasteiger partial charge on any atom is -0.368 e. The summed E-state index contributed by atoms with van der Waals surface area (Å²) in [4.78, 5) is 18.6. The van der Waals surface area contributed by atoms with Crippen molar-refractivity contribution in [2.24, 2.45) is 7.05 Å². The number of nitrogens with zero attached hydrogens (tertiary/aromatic N) is 5. The summed E-state index contributed by atoms with van der Waals surface area (Å²) in [7, 11) is 1.71. The van der Waals surface area contributed by atoms with Crippen LogP contribution in [0.3, 0.4) is 0 Å². The maximum absolute atomic E-state index is 14.4. The van der Waals surface area contributed by atoms with Crippen LogP contribution in [0.4, 0.5) is 33.7 Å². The monoisotopic (exact) mass is 521 g/mol. The van der Waals surface area contributed by atoms with Gasteiger partial charge < -0.3 is 9.80 Å². The first-order valence-electron chi connectivity index (χ1n) is 11.6. The van der Waals surface area contributed by atoms with Gasteiger partial charge in [-0.2, -0.15) is 18.3 Å². The van der Waals surface area contributed by atoms with Gasteiger partial charge in [-0.3, -0.25) is 9.58 Å². The zero-order valence-corrected chi connectivity index (χ0v) is 20.2. The molecule has 2 aromatic carbocycles. The van der Waals surface area contributed by atoms with Crippen molar-refractivity contribution in [1.82, 2.24) is 14.7 Å². The standard InChI is InChI=1S/C25H24ClF4N5O/c1-32-15-22-21(31-32)14-34(17-9-11-33(12-10-17)23-19(26)7-4-8-20(23)27)24(36)35(22)13-16-5-2-3-6-18(16)25(28,29)30/h2-8,15,17H,9-14H2,1H3. The van der Waals surface area contributed by atoms with Crippen molar-refractivity contribution in [2.75, 3.05) is 22.9 Å². The number of piperidine rings is 1. The average Bonchev–Trinajstić information content (AvgIpc) is 3.21. The van der Waals surface area contributed by atoms with Crippen LogP contribution in [-0.2, 0) is 26.3 Å². The van der Waals surface area contributed by atoms with Crippen LogP contribution in [0.25, 0.3) is 0 Å². The molecule has 0 bridgehead atoms. The van der Waals surface area contributed by atoms with Gasteiger partial charge in [0, 0.05) is 32.4 Å². The van der Waals surface area contributed by atoms with E-state index in [1.165, 1.54) is 29.2 Å². The third kappa shape index (κ3) is 4.50. The third-order valence-electron chi connectivity index (χ3n) is 6.78. The van der Waals surface area contributed by atoms with Gasteiger partial charge in [-0.15, -0.1) is 0 Å². The summed E-state index contributed by atoms with van der Waals surface area (Å²) in [5.41, 5.74) is 0.724. The topological polar surface area (TPSA) is 44.6 Å². The summed E-state index contributed by atoms with van der Waals surface area (Å²) >= 11 is 6.23. The Morgan fingerprint density at radius 1 is 1.08 bits per heavy atom. The van der Waals surface area contributed by atoms with Crippen molar-refractivity contribution in [1.29, 1.82) is 0 Å². The van der Waals surface area contributed by atoms with Crippen LogP contribution in [-0.4, -0.2) is 39.8 Å². The fourth-order valence-corrected chi connectivity index (χ4v) is 5.37. The largest absolute Gasteiger partial charge is 0.416 e. The number of rotatable bonds is 4. The van der Waals surface area contributed by atoms with E-state index in [1.54, 1.807) is 35.0 Å². The van der Waals surface area contributed by atoms with E-state index in [4.69, 9.17) is 11.6 Å². The number of carbonyl (C=O) groups is 1. The van der Waals surface area contributed by atoms with Crippen molar-refractivity contribution in [3.05, 3.63) is 76.3 Å². The summed E-state index contributed by atoms with van der Waals surface area (Å²) in [6, 6.07) is 9.30. The van der Waals surface area contributed by atoms with Crippen molar-refractivity contribution in [2.45, 2.75) is 38.1 Å². The third-order valence-corrected chi connectivity index (χ3v) is 7.09. The zero-order chi connectivity index (χ0) is 25.6. The number of halogens is 5. The van der Waals surface area contributed by atoms with Crippen LogP contribution in [0.2, 0.25) is 5.02 Å². The molecule has 5 rings (SSSR count). The Balaban J connectivity index is 1.39. The molecule has 6 nitrogen and oxygen atoms in total. The number of aromatic nitrogens is 2. The number of alkyl halides is 3. The van der Waals surface area contributed by atoms with E-state index in [9.17, 15) is 22.4 Å². The highest BCUT2D eigenvalue weighted by Crippen LogP contribution is 2.37. The molecule has 2 aliphatic rings. The first-order chi connectivity index (χ1) is 17.1. The molecule has 0 radical (unpaired) electrons. The Bertz CT molecular complexity index is 1270. The lowest BCUT2D eigenvalue weighted by atomic mass is 10.0. The Kier molecular flexibility index (Phi) is 6.32. The molecule has 11 heteroatoms. The molecule has 2 amide bonds. The number of hydrogen-bond acceptors (Lipinski definition) is 3. The number of carbonyl (C=O) groups excluding carboxylic acids is 1. The number of para-hydroxylation sites is 1. The summed E-state index contributed by atoms with van der Waals surface area (Å²) in [5, 5.41) is 4.79. The first kappa shape index (κ1) is 24.4. The van der Waals surface area contributed by atoms with Crippen LogP contribution in [0.5, 0.6) is 0 Å².